The molecule has 0 aliphatic heterocycles. The van der Waals surface area contributed by atoms with Gasteiger partial charge in [-0.3, -0.25) is 4.79 Å². The van der Waals surface area contributed by atoms with Gasteiger partial charge in [-0.15, -0.1) is 0 Å². The van der Waals surface area contributed by atoms with Crippen molar-refractivity contribution in [3.05, 3.63) is 40.4 Å². The number of amides is 1. The maximum Gasteiger partial charge on any atom is 0.246 e. The van der Waals surface area contributed by atoms with Crippen molar-refractivity contribution < 1.29 is 9.90 Å². The molecule has 1 unspecified atom stereocenters. The molecule has 1 aromatic rings. The van der Waals surface area contributed by atoms with Gasteiger partial charge in [0.05, 0.1) is 6.10 Å². The van der Waals surface area contributed by atoms with E-state index in [-0.39, 0.29) is 5.91 Å². The summed E-state index contributed by atoms with van der Waals surface area (Å²) < 4.78 is 0.976. The van der Waals surface area contributed by atoms with Gasteiger partial charge in [0.25, 0.3) is 0 Å². The summed E-state index contributed by atoms with van der Waals surface area (Å²) in [6, 6.07) is 7.69. The Hall–Kier alpha value is -1.13. The number of carbonyl (C=O) groups excluding carboxylic acids is 1. The van der Waals surface area contributed by atoms with Crippen molar-refractivity contribution in [1.29, 1.82) is 0 Å². The molecular weight excluding hydrogens is 282 g/mol. The third-order valence-corrected chi connectivity index (χ3v) is 2.67. The minimum Gasteiger partial charge on any atom is -0.392 e. The van der Waals surface area contributed by atoms with Crippen LogP contribution in [0.25, 0.3) is 6.08 Å². The number of benzene rings is 1. The van der Waals surface area contributed by atoms with E-state index < -0.39 is 6.10 Å². The first kappa shape index (κ1) is 13.9. The van der Waals surface area contributed by atoms with Gasteiger partial charge < -0.3 is 10.0 Å². The number of nitrogens with zero attached hydrogens (tertiary/aromatic N) is 1. The van der Waals surface area contributed by atoms with Gasteiger partial charge in [-0.25, -0.2) is 0 Å². The van der Waals surface area contributed by atoms with E-state index in [9.17, 15) is 4.79 Å². The fourth-order valence-corrected chi connectivity index (χ4v) is 1.81. The molecular formula is C13H16BrNO2. The standard InChI is InChI=1S/C13H16BrNO2/c1-10(16)9-15(2)13(17)7-6-11-4-3-5-12(14)8-11/h3-8,10,16H,9H2,1-2H3. The monoisotopic (exact) mass is 297 g/mol. The summed E-state index contributed by atoms with van der Waals surface area (Å²) in [6.45, 7) is 1.99. The minimum absolute atomic E-state index is 0.120. The molecule has 0 fully saturated rings. The number of aliphatic hydroxyl groups excluding tert-OH is 1. The van der Waals surface area contributed by atoms with Crippen molar-refractivity contribution >= 4 is 27.9 Å². The zero-order valence-electron chi connectivity index (χ0n) is 9.93. The highest BCUT2D eigenvalue weighted by Gasteiger charge is 2.07. The van der Waals surface area contributed by atoms with Crippen LogP contribution in [0.15, 0.2) is 34.8 Å². The number of hydrogen-bond donors (Lipinski definition) is 1. The number of halogens is 1. The van der Waals surface area contributed by atoms with Crippen LogP contribution in [-0.4, -0.2) is 35.6 Å². The predicted octanol–water partition coefficient (Wildman–Crippen LogP) is 2.30. The number of aliphatic hydroxyl groups is 1. The summed E-state index contributed by atoms with van der Waals surface area (Å²) in [5, 5.41) is 9.17. The van der Waals surface area contributed by atoms with E-state index in [1.54, 1.807) is 20.0 Å². The number of likely N-dealkylation sites (N-methyl/N-ethyl adjacent to an activating group) is 1. The second-order valence-electron chi connectivity index (χ2n) is 3.96. The Morgan fingerprint density at radius 3 is 2.88 bits per heavy atom. The Labute approximate surface area is 110 Å². The molecule has 1 aromatic carbocycles. The van der Waals surface area contributed by atoms with Crippen molar-refractivity contribution in [3.63, 3.8) is 0 Å². The Kier molecular flexibility index (Phi) is 5.38. The highest BCUT2D eigenvalue weighted by molar-refractivity contribution is 9.10. The van der Waals surface area contributed by atoms with Crippen molar-refractivity contribution in [2.24, 2.45) is 0 Å². The zero-order valence-corrected chi connectivity index (χ0v) is 11.5. The summed E-state index contributed by atoms with van der Waals surface area (Å²) >= 11 is 3.37. The molecule has 1 N–H and O–H groups in total. The molecule has 0 aromatic heterocycles. The third-order valence-electron chi connectivity index (χ3n) is 2.18. The Morgan fingerprint density at radius 1 is 1.59 bits per heavy atom. The molecule has 1 amide bonds. The summed E-state index contributed by atoms with van der Waals surface area (Å²) in [7, 11) is 1.67. The van der Waals surface area contributed by atoms with Crippen LogP contribution in [0.3, 0.4) is 0 Å². The normalized spacial score (nSPS) is 12.7. The van der Waals surface area contributed by atoms with Gasteiger partial charge in [0.15, 0.2) is 0 Å². The van der Waals surface area contributed by atoms with Gasteiger partial charge in [0, 0.05) is 24.1 Å². The lowest BCUT2D eigenvalue weighted by Gasteiger charge is -2.16. The van der Waals surface area contributed by atoms with Crippen LogP contribution in [0.4, 0.5) is 0 Å². The molecule has 1 rings (SSSR count). The van der Waals surface area contributed by atoms with E-state index in [1.807, 2.05) is 24.3 Å². The average Bonchev–Trinajstić information content (AvgIpc) is 2.25. The summed E-state index contributed by atoms with van der Waals surface area (Å²) in [6.07, 6.45) is 2.75. The molecule has 4 heteroatoms. The summed E-state index contributed by atoms with van der Waals surface area (Å²) in [4.78, 5) is 13.1. The van der Waals surface area contributed by atoms with Crippen LogP contribution in [0.1, 0.15) is 12.5 Å². The Bertz CT molecular complexity index is 416. The van der Waals surface area contributed by atoms with Gasteiger partial charge in [-0.1, -0.05) is 28.1 Å². The van der Waals surface area contributed by atoms with Gasteiger partial charge in [0.1, 0.15) is 0 Å². The van der Waals surface area contributed by atoms with E-state index in [0.717, 1.165) is 10.0 Å². The maximum atomic E-state index is 11.7. The van der Waals surface area contributed by atoms with Crippen LogP contribution in [0, 0.1) is 0 Å². The number of rotatable bonds is 4. The van der Waals surface area contributed by atoms with E-state index in [1.165, 1.54) is 11.0 Å². The third kappa shape index (κ3) is 5.15. The molecule has 92 valence electrons. The van der Waals surface area contributed by atoms with E-state index in [4.69, 9.17) is 5.11 Å². The van der Waals surface area contributed by atoms with Crippen molar-refractivity contribution in [3.8, 4) is 0 Å². The summed E-state index contributed by atoms with van der Waals surface area (Å²) in [5.74, 6) is -0.120. The first-order chi connectivity index (χ1) is 7.99. The minimum atomic E-state index is -0.511. The zero-order chi connectivity index (χ0) is 12.8. The second-order valence-corrected chi connectivity index (χ2v) is 4.87. The SMILES string of the molecule is CC(O)CN(C)C(=O)C=Cc1cccc(Br)c1. The van der Waals surface area contributed by atoms with E-state index in [0.29, 0.717) is 6.54 Å². The Morgan fingerprint density at radius 2 is 2.29 bits per heavy atom. The topological polar surface area (TPSA) is 40.5 Å². The first-order valence-corrected chi connectivity index (χ1v) is 6.15. The van der Waals surface area contributed by atoms with Gasteiger partial charge in [-0.05, 0) is 30.7 Å². The molecule has 0 saturated carbocycles. The van der Waals surface area contributed by atoms with Crippen molar-refractivity contribution in [2.75, 3.05) is 13.6 Å². The maximum absolute atomic E-state index is 11.7. The van der Waals surface area contributed by atoms with Crippen LogP contribution in [-0.2, 0) is 4.79 Å². The van der Waals surface area contributed by atoms with Gasteiger partial charge >= 0.3 is 0 Å². The van der Waals surface area contributed by atoms with Crippen molar-refractivity contribution in [2.45, 2.75) is 13.0 Å². The predicted molar refractivity (Wildman–Crippen MR) is 72.5 cm³/mol. The highest BCUT2D eigenvalue weighted by atomic mass is 79.9. The molecule has 0 bridgehead atoms. The van der Waals surface area contributed by atoms with Crippen LogP contribution in [0.2, 0.25) is 0 Å². The smallest absolute Gasteiger partial charge is 0.246 e. The largest absolute Gasteiger partial charge is 0.392 e. The molecule has 0 radical (unpaired) electrons. The van der Waals surface area contributed by atoms with Crippen LogP contribution >= 0.6 is 15.9 Å². The lowest BCUT2D eigenvalue weighted by Crippen LogP contribution is -2.31. The Balaban J connectivity index is 2.62. The summed E-state index contributed by atoms with van der Waals surface area (Å²) in [5.41, 5.74) is 0.957. The van der Waals surface area contributed by atoms with E-state index in [2.05, 4.69) is 15.9 Å². The molecule has 0 saturated heterocycles. The molecule has 17 heavy (non-hydrogen) atoms. The quantitative estimate of drug-likeness (QED) is 0.867. The molecule has 1 atom stereocenters. The highest BCUT2D eigenvalue weighted by Crippen LogP contribution is 2.12. The molecule has 0 aliphatic carbocycles. The molecule has 0 spiro atoms. The fourth-order valence-electron chi connectivity index (χ4n) is 1.39. The molecule has 0 heterocycles. The van der Waals surface area contributed by atoms with Crippen LogP contribution < -0.4 is 0 Å². The first-order valence-electron chi connectivity index (χ1n) is 5.36. The number of carbonyl (C=O) groups is 1. The fraction of sp³-hybridized carbons (Fsp3) is 0.308. The lowest BCUT2D eigenvalue weighted by molar-refractivity contribution is -0.125. The lowest BCUT2D eigenvalue weighted by atomic mass is 10.2. The average molecular weight is 298 g/mol. The number of hydrogen-bond acceptors (Lipinski definition) is 2. The van der Waals surface area contributed by atoms with E-state index >= 15 is 0 Å². The van der Waals surface area contributed by atoms with Gasteiger partial charge in [-0.2, -0.15) is 0 Å². The van der Waals surface area contributed by atoms with Crippen molar-refractivity contribution in [1.82, 2.24) is 4.90 Å². The molecule has 3 nitrogen and oxygen atoms in total. The molecule has 0 aliphatic rings. The van der Waals surface area contributed by atoms with Gasteiger partial charge in [0.2, 0.25) is 5.91 Å². The van der Waals surface area contributed by atoms with Crippen LogP contribution in [0.5, 0.6) is 0 Å². The second kappa shape index (κ2) is 6.57.